The predicted molar refractivity (Wildman–Crippen MR) is 409 cm³/mol. The highest BCUT2D eigenvalue weighted by Crippen LogP contribution is 2.37. The fourth-order valence-electron chi connectivity index (χ4n) is 13.1. The molecular weight excluding hydrogens is 1290 g/mol. The fraction of sp³-hybridized carbons (Fsp3) is 0.417. The van der Waals surface area contributed by atoms with E-state index in [4.69, 9.17) is 24.2 Å². The first-order chi connectivity index (χ1) is 49.1. The Morgan fingerprint density at radius 3 is 1.27 bits per heavy atom. The molecule has 6 aromatic rings. The summed E-state index contributed by atoms with van der Waals surface area (Å²) in [6.45, 7) is 29.6. The van der Waals surface area contributed by atoms with Crippen LogP contribution < -0.4 is 10.6 Å². The van der Waals surface area contributed by atoms with Crippen LogP contribution in [-0.2, 0) is 23.8 Å². The number of hydrogen-bond acceptors (Lipinski definition) is 12. The maximum atomic E-state index is 13.9. The molecule has 10 rings (SSSR count). The molecule has 103 heavy (non-hydrogen) atoms. The number of ether oxygens (including phenoxy) is 3. The first kappa shape index (κ1) is 77.0. The first-order valence-electron chi connectivity index (χ1n) is 36.4. The minimum Gasteiger partial charge on any atom is -0.444 e. The lowest BCUT2D eigenvalue weighted by atomic mass is 9.90. The SMILES string of the molecule is CCCN(CCC)C(=O)C1=Cc2ccc(-c3ccc(C(=O)N4CCCC(c5ccccc5)C4)cc3)cc2N=C(NC(=O)OC(C)(C)C)C1.CCCN(CCC)C(=O)C1=Cc2ccc(-c3ccc(C(=O)N4CCN(C(=O)OC(C)(C)C)C(c5ccccc5)C4)cc3)cc2N=C(NC(=O)OC(C)(C)C)C1. The summed E-state index contributed by atoms with van der Waals surface area (Å²) in [5.41, 5.74) is 8.85. The molecule has 0 radical (unpaired) electrons. The van der Waals surface area contributed by atoms with Crippen molar-refractivity contribution in [2.75, 3.05) is 58.9 Å². The molecule has 2 saturated heterocycles. The summed E-state index contributed by atoms with van der Waals surface area (Å²) in [6, 6.07) is 46.7. The van der Waals surface area contributed by atoms with E-state index in [-0.39, 0.29) is 42.5 Å². The lowest BCUT2D eigenvalue weighted by Gasteiger charge is -2.42. The van der Waals surface area contributed by atoms with Crippen LogP contribution in [0.2, 0.25) is 0 Å². The zero-order valence-electron chi connectivity index (χ0n) is 62.4. The number of amidine groups is 2. The number of fused-ring (bicyclic) bond motifs is 2. The summed E-state index contributed by atoms with van der Waals surface area (Å²) in [5.74, 6) is 0.809. The van der Waals surface area contributed by atoms with Crippen molar-refractivity contribution in [3.05, 3.63) is 190 Å². The second-order valence-corrected chi connectivity index (χ2v) is 29.7. The van der Waals surface area contributed by atoms with Gasteiger partial charge in [0.25, 0.3) is 11.8 Å². The van der Waals surface area contributed by atoms with E-state index in [2.05, 4.69) is 48.7 Å². The van der Waals surface area contributed by atoms with Crippen molar-refractivity contribution in [1.82, 2.24) is 35.1 Å². The molecule has 2 unspecified atom stereocenters. The number of hydrogen-bond donors (Lipinski definition) is 2. The number of benzene rings is 6. The minimum absolute atomic E-state index is 0.0501. The van der Waals surface area contributed by atoms with Crippen LogP contribution in [0, 0.1) is 0 Å². The van der Waals surface area contributed by atoms with Gasteiger partial charge >= 0.3 is 18.3 Å². The number of nitrogens with one attached hydrogen (secondary N) is 2. The molecule has 2 N–H and O–H groups in total. The molecule has 4 aliphatic rings. The Hall–Kier alpha value is -10.2. The second kappa shape index (κ2) is 34.7. The average molecular weight is 1400 g/mol. The van der Waals surface area contributed by atoms with Crippen LogP contribution in [0.4, 0.5) is 25.8 Å². The van der Waals surface area contributed by atoms with E-state index < -0.39 is 35.1 Å². The first-order valence-corrected chi connectivity index (χ1v) is 36.4. The molecule has 0 aliphatic carbocycles. The summed E-state index contributed by atoms with van der Waals surface area (Å²) in [7, 11) is 0. The Kier molecular flexibility index (Phi) is 25.9. The summed E-state index contributed by atoms with van der Waals surface area (Å²) in [6.07, 6.45) is 7.85. The van der Waals surface area contributed by atoms with E-state index in [1.807, 2.05) is 183 Å². The number of carbonyl (C=O) groups is 7. The van der Waals surface area contributed by atoms with Crippen LogP contribution in [0.15, 0.2) is 167 Å². The molecule has 4 heterocycles. The maximum absolute atomic E-state index is 13.9. The zero-order chi connectivity index (χ0) is 74.2. The van der Waals surface area contributed by atoms with Gasteiger partial charge in [-0.1, -0.05) is 137 Å². The largest absolute Gasteiger partial charge is 0.444 e. The smallest absolute Gasteiger partial charge is 0.413 e. The van der Waals surface area contributed by atoms with Crippen LogP contribution in [0.3, 0.4) is 0 Å². The predicted octanol–water partition coefficient (Wildman–Crippen LogP) is 17.1. The molecule has 0 saturated carbocycles. The molecule has 2 atom stereocenters. The molecule has 19 nitrogen and oxygen atoms in total. The van der Waals surface area contributed by atoms with Crippen molar-refractivity contribution in [3.8, 4) is 22.3 Å². The highest BCUT2D eigenvalue weighted by molar-refractivity contribution is 6.10. The molecule has 7 amide bonds. The van der Waals surface area contributed by atoms with Crippen LogP contribution in [0.5, 0.6) is 0 Å². The molecular formula is C84H103N9O10. The van der Waals surface area contributed by atoms with E-state index in [0.717, 1.165) is 90.6 Å². The molecule has 0 aromatic heterocycles. The van der Waals surface area contributed by atoms with Crippen molar-refractivity contribution >= 4 is 77.1 Å². The molecule has 0 bridgehead atoms. The van der Waals surface area contributed by atoms with Gasteiger partial charge < -0.3 is 33.8 Å². The third-order valence-electron chi connectivity index (χ3n) is 17.7. The van der Waals surface area contributed by atoms with E-state index in [1.165, 1.54) is 5.56 Å². The Morgan fingerprint density at radius 1 is 0.466 bits per heavy atom. The van der Waals surface area contributed by atoms with Gasteiger partial charge in [0.05, 0.1) is 17.4 Å². The van der Waals surface area contributed by atoms with Crippen LogP contribution in [0.1, 0.15) is 196 Å². The molecule has 6 aromatic carbocycles. The normalized spacial score (nSPS) is 16.0. The van der Waals surface area contributed by atoms with Gasteiger partial charge in [-0.15, -0.1) is 0 Å². The number of alkyl carbamates (subject to hydrolysis) is 2. The Labute approximate surface area is 608 Å². The number of aliphatic imine (C=N–C) groups is 2. The number of likely N-dealkylation sites (tertiary alicyclic amines) is 1. The maximum Gasteiger partial charge on any atom is 0.413 e. The van der Waals surface area contributed by atoms with Crippen molar-refractivity contribution in [1.29, 1.82) is 0 Å². The number of piperazine rings is 1. The minimum atomic E-state index is -0.709. The second-order valence-electron chi connectivity index (χ2n) is 29.7. The van der Waals surface area contributed by atoms with E-state index >= 15 is 0 Å². The van der Waals surface area contributed by atoms with Gasteiger partial charge in [0, 0.05) is 111 Å². The number of nitrogens with zero attached hydrogens (tertiary/aromatic N) is 7. The number of amides is 7. The molecule has 19 heteroatoms. The van der Waals surface area contributed by atoms with Crippen molar-refractivity contribution in [3.63, 3.8) is 0 Å². The molecule has 544 valence electrons. The molecule has 2 fully saturated rings. The molecule has 0 spiro atoms. The van der Waals surface area contributed by atoms with Gasteiger partial charge in [0.15, 0.2) is 0 Å². The van der Waals surface area contributed by atoms with Gasteiger partial charge in [-0.3, -0.25) is 34.7 Å². The summed E-state index contributed by atoms with van der Waals surface area (Å²) < 4.78 is 16.7. The third-order valence-corrected chi connectivity index (χ3v) is 17.7. The average Bonchev–Trinajstić information content (AvgIpc) is 1.08. The Balaban J connectivity index is 0.000000241. The van der Waals surface area contributed by atoms with Crippen LogP contribution >= 0.6 is 0 Å². The fourth-order valence-corrected chi connectivity index (χ4v) is 13.1. The van der Waals surface area contributed by atoms with Crippen LogP contribution in [0.25, 0.3) is 34.4 Å². The monoisotopic (exact) mass is 1400 g/mol. The molecule has 4 aliphatic heterocycles. The van der Waals surface area contributed by atoms with Crippen molar-refractivity contribution in [2.45, 2.75) is 170 Å². The zero-order valence-corrected chi connectivity index (χ0v) is 62.4. The Morgan fingerprint density at radius 2 is 0.864 bits per heavy atom. The lowest BCUT2D eigenvalue weighted by molar-refractivity contribution is -0.128. The topological polar surface area (TPSA) is 212 Å². The Bertz CT molecular complexity index is 4110. The highest BCUT2D eigenvalue weighted by atomic mass is 16.6. The van der Waals surface area contributed by atoms with E-state index in [1.54, 1.807) is 51.3 Å². The standard InChI is InChI=1S/C44H55N5O6.C40H48N4O4/c1-9-22-47(23-10-2)40(51)35-26-34-21-20-33(27-36(34)45-38(28-35)46-41(52)54-43(3,4)5)30-16-18-32(19-17-30)39(50)48-24-25-49(42(53)55-44(6,7)8)37(29-48)31-14-12-11-13-15-31;1-6-21-43(22-7-2)38(46)34-24-32-20-19-31(25-35(32)41-36(26-34)42-39(47)48-40(3,4)5)29-15-17-30(18-16-29)37(45)44-23-11-14-33(27-44)28-12-9-8-10-13-28/h11-21,26-27,37H,9-10,22-25,28-29H2,1-8H3,(H,45,46,52);8-10,12-13,15-20,24-25,33H,6-7,11,14,21-23,26-27H2,1-5H3,(H,41,42,47). The van der Waals surface area contributed by atoms with Crippen molar-refractivity contribution < 1.29 is 47.8 Å². The number of piperidine rings is 1. The van der Waals surface area contributed by atoms with Gasteiger partial charge in [0.1, 0.15) is 28.5 Å². The number of rotatable bonds is 16. The van der Waals surface area contributed by atoms with Gasteiger partial charge in [-0.2, -0.15) is 0 Å². The van der Waals surface area contributed by atoms with E-state index in [9.17, 15) is 33.6 Å². The van der Waals surface area contributed by atoms with Crippen molar-refractivity contribution in [2.24, 2.45) is 9.98 Å². The van der Waals surface area contributed by atoms with Gasteiger partial charge in [0.2, 0.25) is 11.8 Å². The van der Waals surface area contributed by atoms with Gasteiger partial charge in [-0.25, -0.2) is 24.4 Å². The summed E-state index contributed by atoms with van der Waals surface area (Å²) >= 11 is 0. The lowest BCUT2D eigenvalue weighted by Crippen LogP contribution is -2.53. The summed E-state index contributed by atoms with van der Waals surface area (Å²) in [5, 5.41) is 5.60. The van der Waals surface area contributed by atoms with E-state index in [0.29, 0.717) is 97.1 Å². The quantitative estimate of drug-likeness (QED) is 0.0875. The number of carbonyl (C=O) groups excluding carboxylic acids is 7. The summed E-state index contributed by atoms with van der Waals surface area (Å²) in [4.78, 5) is 113. The van der Waals surface area contributed by atoms with Gasteiger partial charge in [-0.05, 0) is 183 Å². The third kappa shape index (κ3) is 21.5. The highest BCUT2D eigenvalue weighted by Gasteiger charge is 2.37. The van der Waals surface area contributed by atoms with Crippen LogP contribution in [-0.4, -0.2) is 154 Å².